The molecule has 0 saturated heterocycles. The van der Waals surface area contributed by atoms with Gasteiger partial charge in [-0.2, -0.15) is 0 Å². The lowest BCUT2D eigenvalue weighted by Crippen LogP contribution is -2.46. The summed E-state index contributed by atoms with van der Waals surface area (Å²) in [6, 6.07) is -0.699. The van der Waals surface area contributed by atoms with Crippen LogP contribution in [0.15, 0.2) is 24.3 Å². The van der Waals surface area contributed by atoms with Crippen LogP contribution in [0.2, 0.25) is 0 Å². The Morgan fingerprint density at radius 2 is 0.964 bits per heavy atom. The van der Waals surface area contributed by atoms with E-state index < -0.39 is 18.2 Å². The number of carbonyl (C=O) groups is 2. The Bertz CT molecular complexity index is 889. The molecule has 0 aromatic rings. The van der Waals surface area contributed by atoms with Crippen molar-refractivity contribution >= 4 is 11.9 Å². The first-order valence-corrected chi connectivity index (χ1v) is 24.6. The van der Waals surface area contributed by atoms with E-state index in [9.17, 15) is 19.8 Å². The number of unbranched alkanes of at least 4 members (excludes halogenated alkanes) is 28. The Kier molecular flexibility index (Phi) is 43.1. The molecule has 0 aliphatic rings. The van der Waals surface area contributed by atoms with Gasteiger partial charge in [-0.3, -0.25) is 9.59 Å². The van der Waals surface area contributed by atoms with Gasteiger partial charge >= 0.3 is 5.97 Å². The zero-order chi connectivity index (χ0) is 41.0. The number of hydrogen-bond donors (Lipinski definition) is 3. The third kappa shape index (κ3) is 39.2. The Hall–Kier alpha value is -1.66. The van der Waals surface area contributed by atoms with Gasteiger partial charge in [-0.1, -0.05) is 218 Å². The lowest BCUT2D eigenvalue weighted by Gasteiger charge is -2.24. The second kappa shape index (κ2) is 44.4. The third-order valence-corrected chi connectivity index (χ3v) is 11.3. The molecule has 0 rings (SSSR count). The van der Waals surface area contributed by atoms with Crippen LogP contribution in [0.3, 0.4) is 0 Å². The van der Waals surface area contributed by atoms with Crippen molar-refractivity contribution in [1.82, 2.24) is 5.32 Å². The Morgan fingerprint density at radius 3 is 1.45 bits per heavy atom. The molecule has 0 aliphatic heterocycles. The lowest BCUT2D eigenvalue weighted by molar-refractivity contribution is -0.151. The number of esters is 1. The van der Waals surface area contributed by atoms with Crippen molar-refractivity contribution in [2.24, 2.45) is 0 Å². The van der Waals surface area contributed by atoms with E-state index in [1.54, 1.807) is 0 Å². The minimum absolute atomic E-state index is 0.0726. The van der Waals surface area contributed by atoms with Gasteiger partial charge in [0.05, 0.1) is 25.2 Å². The molecule has 0 bridgehead atoms. The van der Waals surface area contributed by atoms with Gasteiger partial charge in [0.15, 0.2) is 0 Å². The first kappa shape index (κ1) is 54.3. The van der Waals surface area contributed by atoms with Gasteiger partial charge in [-0.15, -0.1) is 0 Å². The van der Waals surface area contributed by atoms with Gasteiger partial charge in [-0.25, -0.2) is 0 Å². The van der Waals surface area contributed by atoms with Crippen LogP contribution in [0.4, 0.5) is 0 Å². The number of allylic oxidation sites excluding steroid dienone is 4. The fourth-order valence-corrected chi connectivity index (χ4v) is 7.59. The molecule has 1 amide bonds. The highest BCUT2D eigenvalue weighted by molar-refractivity contribution is 5.77. The number of nitrogens with one attached hydrogen (secondary N) is 1. The molecule has 0 fully saturated rings. The van der Waals surface area contributed by atoms with Gasteiger partial charge in [0.2, 0.25) is 5.91 Å². The molecule has 0 spiro atoms. The van der Waals surface area contributed by atoms with E-state index in [4.69, 9.17) is 4.74 Å². The molecule has 0 radical (unpaired) electrons. The van der Waals surface area contributed by atoms with Gasteiger partial charge in [0, 0.05) is 6.42 Å². The summed E-state index contributed by atoms with van der Waals surface area (Å²) in [5.41, 5.74) is 0. The van der Waals surface area contributed by atoms with Crippen molar-refractivity contribution in [2.75, 3.05) is 6.61 Å². The average molecular weight is 790 g/mol. The zero-order valence-corrected chi connectivity index (χ0v) is 37.5. The molecule has 6 heteroatoms. The molecule has 0 saturated carbocycles. The van der Waals surface area contributed by atoms with Crippen LogP contribution in [-0.4, -0.2) is 46.9 Å². The maximum atomic E-state index is 13.1. The van der Waals surface area contributed by atoms with Crippen molar-refractivity contribution in [1.29, 1.82) is 0 Å². The van der Waals surface area contributed by atoms with E-state index in [-0.39, 0.29) is 24.9 Å². The van der Waals surface area contributed by atoms with Crippen molar-refractivity contribution in [3.8, 4) is 0 Å². The topological polar surface area (TPSA) is 95.9 Å². The summed E-state index contributed by atoms with van der Waals surface area (Å²) in [6.07, 6.45) is 49.6. The summed E-state index contributed by atoms with van der Waals surface area (Å²) in [5.74, 6) is -0.478. The van der Waals surface area contributed by atoms with Crippen LogP contribution in [-0.2, 0) is 14.3 Å². The summed E-state index contributed by atoms with van der Waals surface area (Å²) in [7, 11) is 0. The van der Waals surface area contributed by atoms with E-state index in [0.717, 1.165) is 77.0 Å². The Labute approximate surface area is 348 Å². The first-order chi connectivity index (χ1) is 27.5. The second-order valence-corrected chi connectivity index (χ2v) is 16.8. The minimum atomic E-state index is -0.785. The molecule has 6 nitrogen and oxygen atoms in total. The number of rotatable bonds is 44. The average Bonchev–Trinajstić information content (AvgIpc) is 3.19. The number of aliphatic hydroxyl groups excluding tert-OH is 2. The fourth-order valence-electron chi connectivity index (χ4n) is 7.59. The molecular weight excluding hydrogens is 695 g/mol. The highest BCUT2D eigenvalue weighted by Crippen LogP contribution is 2.18. The van der Waals surface area contributed by atoms with Crippen molar-refractivity contribution < 1.29 is 24.5 Å². The van der Waals surface area contributed by atoms with Crippen molar-refractivity contribution in [3.05, 3.63) is 24.3 Å². The van der Waals surface area contributed by atoms with Gasteiger partial charge in [-0.05, 0) is 51.4 Å². The van der Waals surface area contributed by atoms with E-state index >= 15 is 0 Å². The lowest BCUT2D eigenvalue weighted by atomic mass is 10.0. The van der Waals surface area contributed by atoms with Crippen molar-refractivity contribution in [2.45, 2.75) is 277 Å². The van der Waals surface area contributed by atoms with Crippen molar-refractivity contribution in [3.63, 3.8) is 0 Å². The smallest absolute Gasteiger partial charge is 0.306 e. The standard InChI is InChI=1S/C50H95NO5/c1-4-7-10-13-16-19-21-23-24-25-26-28-31-34-37-40-43-50(55)56-46(41-38-35-32-30-27-22-20-17-14-11-8-5-2)44-49(54)51-47(45-52)48(53)42-39-36-33-29-18-15-12-9-6-3/h8,11,17,20,46-48,52-53H,4-7,9-10,12-16,18-19,21-45H2,1-3H3,(H,51,54)/b11-8+,20-17+. The van der Waals surface area contributed by atoms with E-state index in [2.05, 4.69) is 50.4 Å². The Morgan fingerprint density at radius 1 is 0.536 bits per heavy atom. The molecule has 330 valence electrons. The maximum Gasteiger partial charge on any atom is 0.306 e. The van der Waals surface area contributed by atoms with Crippen LogP contribution in [0.1, 0.15) is 258 Å². The zero-order valence-electron chi connectivity index (χ0n) is 37.5. The molecule has 3 N–H and O–H groups in total. The quantitative estimate of drug-likeness (QED) is 0.0324. The molecule has 3 atom stereocenters. The molecule has 0 aliphatic carbocycles. The molecule has 0 heterocycles. The highest BCUT2D eigenvalue weighted by Gasteiger charge is 2.24. The van der Waals surface area contributed by atoms with Crippen LogP contribution >= 0.6 is 0 Å². The SMILES string of the molecule is CC/C=C/C/C=C/CCCCCCCC(CC(=O)NC(CO)C(O)CCCCCCCCCCC)OC(=O)CCCCCCCCCCCCCCCCCC. The molecule has 3 unspecified atom stereocenters. The van der Waals surface area contributed by atoms with E-state index in [0.29, 0.717) is 19.3 Å². The number of ether oxygens (including phenoxy) is 1. The number of aliphatic hydroxyl groups is 2. The maximum absolute atomic E-state index is 13.1. The fraction of sp³-hybridized carbons (Fsp3) is 0.880. The second-order valence-electron chi connectivity index (χ2n) is 16.8. The highest BCUT2D eigenvalue weighted by atomic mass is 16.5. The molecule has 0 aromatic heterocycles. The molecule has 56 heavy (non-hydrogen) atoms. The summed E-state index contributed by atoms with van der Waals surface area (Å²) in [6.45, 7) is 6.36. The number of amides is 1. The Balaban J connectivity index is 4.52. The van der Waals surface area contributed by atoms with Crippen LogP contribution < -0.4 is 5.32 Å². The minimum Gasteiger partial charge on any atom is -0.462 e. The largest absolute Gasteiger partial charge is 0.462 e. The van der Waals surface area contributed by atoms with E-state index in [1.807, 2.05) is 0 Å². The van der Waals surface area contributed by atoms with Gasteiger partial charge in [0.25, 0.3) is 0 Å². The predicted molar refractivity (Wildman–Crippen MR) is 241 cm³/mol. The number of carbonyl (C=O) groups excluding carboxylic acids is 2. The molecule has 0 aromatic carbocycles. The van der Waals surface area contributed by atoms with Gasteiger partial charge in [0.1, 0.15) is 6.10 Å². The third-order valence-electron chi connectivity index (χ3n) is 11.3. The summed E-state index contributed by atoms with van der Waals surface area (Å²) >= 11 is 0. The first-order valence-electron chi connectivity index (χ1n) is 24.6. The summed E-state index contributed by atoms with van der Waals surface area (Å²) in [5, 5.41) is 23.6. The normalized spacial score (nSPS) is 13.4. The van der Waals surface area contributed by atoms with E-state index in [1.165, 1.54) is 135 Å². The van der Waals surface area contributed by atoms with Crippen LogP contribution in [0.25, 0.3) is 0 Å². The summed E-state index contributed by atoms with van der Waals surface area (Å²) in [4.78, 5) is 26.0. The monoisotopic (exact) mass is 790 g/mol. The predicted octanol–water partition coefficient (Wildman–Crippen LogP) is 14.3. The van der Waals surface area contributed by atoms with Crippen LogP contribution in [0.5, 0.6) is 0 Å². The summed E-state index contributed by atoms with van der Waals surface area (Å²) < 4.78 is 5.91. The van der Waals surface area contributed by atoms with Crippen LogP contribution in [0, 0.1) is 0 Å². The van der Waals surface area contributed by atoms with Gasteiger partial charge < -0.3 is 20.3 Å². The molecular formula is C50H95NO5. The number of hydrogen-bond acceptors (Lipinski definition) is 5.